The van der Waals surface area contributed by atoms with Gasteiger partial charge in [-0.15, -0.1) is 0 Å². The first kappa shape index (κ1) is 22.4. The van der Waals surface area contributed by atoms with Gasteiger partial charge in [0.25, 0.3) is 0 Å². The predicted octanol–water partition coefficient (Wildman–Crippen LogP) is 4.61. The summed E-state index contributed by atoms with van der Waals surface area (Å²) in [7, 11) is -2.59. The number of ether oxygens (including phenoxy) is 1. The quantitative estimate of drug-likeness (QED) is 0.482. The second kappa shape index (κ2) is 9.27. The van der Waals surface area contributed by atoms with E-state index in [9.17, 15) is 18.0 Å². The Morgan fingerprint density at radius 2 is 1.26 bits per heavy atom. The minimum absolute atomic E-state index is 0.0154. The smallest absolute Gasteiger partial charge is 0.189 e. The topological polar surface area (TPSA) is 77.5 Å². The molecule has 160 valence electrons. The molecule has 0 aromatic heterocycles. The summed E-state index contributed by atoms with van der Waals surface area (Å²) in [5, 5.41) is -1.53. The maximum atomic E-state index is 13.4. The van der Waals surface area contributed by atoms with E-state index in [1.165, 1.54) is 31.4 Å². The van der Waals surface area contributed by atoms with Gasteiger partial charge in [0.1, 0.15) is 11.0 Å². The van der Waals surface area contributed by atoms with Crippen LogP contribution in [0.1, 0.15) is 38.3 Å². The molecule has 3 aromatic rings. The van der Waals surface area contributed by atoms with Gasteiger partial charge in [-0.3, -0.25) is 9.59 Å². The van der Waals surface area contributed by atoms with Gasteiger partial charge in [-0.05, 0) is 50.2 Å². The first-order valence-electron chi connectivity index (χ1n) is 9.81. The molecule has 31 heavy (non-hydrogen) atoms. The molecule has 0 fully saturated rings. The van der Waals surface area contributed by atoms with Crippen molar-refractivity contribution in [3.05, 3.63) is 95.1 Å². The van der Waals surface area contributed by atoms with Gasteiger partial charge >= 0.3 is 0 Å². The van der Waals surface area contributed by atoms with Crippen LogP contribution in [0.3, 0.4) is 0 Å². The summed E-state index contributed by atoms with van der Waals surface area (Å²) < 4.78 is 31.9. The van der Waals surface area contributed by atoms with Gasteiger partial charge in [-0.25, -0.2) is 8.42 Å². The highest BCUT2D eigenvalue weighted by atomic mass is 32.2. The highest BCUT2D eigenvalue weighted by molar-refractivity contribution is 7.92. The van der Waals surface area contributed by atoms with Crippen LogP contribution in [0, 0.1) is 13.8 Å². The Kier molecular flexibility index (Phi) is 6.71. The van der Waals surface area contributed by atoms with Gasteiger partial charge in [0, 0.05) is 17.5 Å². The molecule has 0 aliphatic heterocycles. The first-order chi connectivity index (χ1) is 14.7. The lowest BCUT2D eigenvalue weighted by atomic mass is 10.0. The molecule has 0 N–H and O–H groups in total. The summed E-state index contributed by atoms with van der Waals surface area (Å²) in [6.07, 6.45) is -0.440. The molecular weight excluding hydrogens is 412 g/mol. The van der Waals surface area contributed by atoms with Gasteiger partial charge in [-0.1, -0.05) is 47.5 Å². The van der Waals surface area contributed by atoms with E-state index in [0.29, 0.717) is 11.3 Å². The monoisotopic (exact) mass is 436 g/mol. The summed E-state index contributed by atoms with van der Waals surface area (Å²) in [6.45, 7) is 3.74. The van der Waals surface area contributed by atoms with Gasteiger partial charge in [0.15, 0.2) is 21.4 Å². The molecule has 0 heterocycles. The zero-order valence-corrected chi connectivity index (χ0v) is 18.5. The molecule has 0 bridgehead atoms. The average Bonchev–Trinajstić information content (AvgIpc) is 2.77. The fourth-order valence-electron chi connectivity index (χ4n) is 3.20. The number of carbonyl (C=O) groups excluding carboxylic acids is 2. The van der Waals surface area contributed by atoms with E-state index in [1.54, 1.807) is 48.5 Å². The van der Waals surface area contributed by atoms with Crippen molar-refractivity contribution in [2.45, 2.75) is 30.4 Å². The molecule has 6 heteroatoms. The molecule has 0 saturated carbocycles. The summed E-state index contributed by atoms with van der Waals surface area (Å²) in [6, 6.07) is 19.3. The van der Waals surface area contributed by atoms with E-state index < -0.39 is 33.1 Å². The molecule has 0 radical (unpaired) electrons. The molecule has 1 atom stereocenters. The summed E-state index contributed by atoms with van der Waals surface area (Å²) in [4.78, 5) is 26.2. The van der Waals surface area contributed by atoms with Crippen LogP contribution in [0.2, 0.25) is 0 Å². The Morgan fingerprint density at radius 3 is 1.77 bits per heavy atom. The minimum atomic E-state index is -4.09. The number of aryl methyl sites for hydroxylation is 2. The number of hydrogen-bond acceptors (Lipinski definition) is 5. The van der Waals surface area contributed by atoms with Gasteiger partial charge in [-0.2, -0.15) is 0 Å². The Balaban J connectivity index is 2.01. The zero-order chi connectivity index (χ0) is 22.6. The van der Waals surface area contributed by atoms with Crippen LogP contribution in [0.25, 0.3) is 0 Å². The SMILES string of the molecule is COc1ccc(C(=O)[C@H](CC(=O)c2ccc(C)cc2)S(=O)(=O)c2ccc(C)cc2)cc1. The van der Waals surface area contributed by atoms with Crippen molar-refractivity contribution in [1.82, 2.24) is 0 Å². The maximum Gasteiger partial charge on any atom is 0.189 e. The van der Waals surface area contributed by atoms with Crippen LogP contribution < -0.4 is 4.74 Å². The van der Waals surface area contributed by atoms with Crippen LogP contribution >= 0.6 is 0 Å². The largest absolute Gasteiger partial charge is 0.497 e. The standard InChI is InChI=1S/C25H24O5S/c1-17-4-8-19(9-5-17)23(26)16-24(25(27)20-10-12-21(30-3)13-11-20)31(28,29)22-14-6-18(2)7-15-22/h4-15,24H,16H2,1-3H3/t24-/m0/s1. The summed E-state index contributed by atoms with van der Waals surface area (Å²) in [5.74, 6) is -0.475. The fraction of sp³-hybridized carbons (Fsp3) is 0.200. The highest BCUT2D eigenvalue weighted by Crippen LogP contribution is 2.25. The zero-order valence-electron chi connectivity index (χ0n) is 17.7. The molecule has 3 aromatic carbocycles. The van der Waals surface area contributed by atoms with Crippen molar-refractivity contribution in [2.75, 3.05) is 7.11 Å². The van der Waals surface area contributed by atoms with E-state index in [4.69, 9.17) is 4.74 Å². The molecule has 0 spiro atoms. The number of hydrogen-bond donors (Lipinski definition) is 0. The van der Waals surface area contributed by atoms with Crippen molar-refractivity contribution < 1.29 is 22.7 Å². The van der Waals surface area contributed by atoms with Crippen LogP contribution in [-0.4, -0.2) is 32.3 Å². The number of rotatable bonds is 8. The van der Waals surface area contributed by atoms with Crippen molar-refractivity contribution >= 4 is 21.4 Å². The molecule has 0 unspecified atom stereocenters. The van der Waals surface area contributed by atoms with Crippen LogP contribution in [-0.2, 0) is 9.84 Å². The van der Waals surface area contributed by atoms with E-state index in [1.807, 2.05) is 13.8 Å². The van der Waals surface area contributed by atoms with E-state index in [-0.39, 0.29) is 10.5 Å². The normalized spacial score (nSPS) is 12.2. The number of carbonyl (C=O) groups is 2. The van der Waals surface area contributed by atoms with Gasteiger partial charge in [0.05, 0.1) is 12.0 Å². The maximum absolute atomic E-state index is 13.4. The summed E-state index contributed by atoms with van der Waals surface area (Å²) in [5.41, 5.74) is 2.46. The Morgan fingerprint density at radius 1 is 0.774 bits per heavy atom. The van der Waals surface area contributed by atoms with E-state index in [0.717, 1.165) is 11.1 Å². The lowest BCUT2D eigenvalue weighted by Gasteiger charge is -2.17. The van der Waals surface area contributed by atoms with Crippen LogP contribution in [0.5, 0.6) is 5.75 Å². The minimum Gasteiger partial charge on any atom is -0.497 e. The number of methoxy groups -OCH3 is 1. The second-order valence-electron chi connectivity index (χ2n) is 7.43. The van der Waals surface area contributed by atoms with Crippen molar-refractivity contribution in [2.24, 2.45) is 0 Å². The van der Waals surface area contributed by atoms with E-state index in [2.05, 4.69) is 0 Å². The molecule has 0 aliphatic carbocycles. The average molecular weight is 437 g/mol. The second-order valence-corrected chi connectivity index (χ2v) is 9.56. The Bertz CT molecular complexity index is 1180. The first-order valence-corrected chi connectivity index (χ1v) is 11.4. The summed E-state index contributed by atoms with van der Waals surface area (Å²) >= 11 is 0. The Hall–Kier alpha value is -3.25. The third-order valence-electron chi connectivity index (χ3n) is 5.14. The van der Waals surface area contributed by atoms with Crippen LogP contribution in [0.4, 0.5) is 0 Å². The molecule has 0 saturated heterocycles. The number of sulfone groups is 1. The molecule has 5 nitrogen and oxygen atoms in total. The molecule has 0 aliphatic rings. The Labute approximate surface area is 182 Å². The molecule has 0 amide bonds. The van der Waals surface area contributed by atoms with Crippen molar-refractivity contribution in [3.63, 3.8) is 0 Å². The number of benzene rings is 3. The fourth-order valence-corrected chi connectivity index (χ4v) is 4.84. The van der Waals surface area contributed by atoms with Crippen LogP contribution in [0.15, 0.2) is 77.7 Å². The lowest BCUT2D eigenvalue weighted by Crippen LogP contribution is -2.33. The van der Waals surface area contributed by atoms with Gasteiger partial charge in [0.2, 0.25) is 0 Å². The van der Waals surface area contributed by atoms with Crippen molar-refractivity contribution in [3.8, 4) is 5.75 Å². The van der Waals surface area contributed by atoms with Crippen molar-refractivity contribution in [1.29, 1.82) is 0 Å². The molecular formula is C25H24O5S. The third-order valence-corrected chi connectivity index (χ3v) is 7.19. The number of Topliss-reactive ketones (excluding diaryl/α,β-unsaturated/α-hetero) is 2. The van der Waals surface area contributed by atoms with Gasteiger partial charge < -0.3 is 4.74 Å². The van der Waals surface area contributed by atoms with E-state index >= 15 is 0 Å². The highest BCUT2D eigenvalue weighted by Gasteiger charge is 2.36. The predicted molar refractivity (Wildman–Crippen MR) is 120 cm³/mol. The third kappa shape index (κ3) is 5.09. The lowest BCUT2D eigenvalue weighted by molar-refractivity contribution is 0.0920. The number of ketones is 2. The molecule has 3 rings (SSSR count).